The maximum atomic E-state index is 6.28. The highest BCUT2D eigenvalue weighted by molar-refractivity contribution is 6.27. The molecule has 2 aromatic heterocycles. The van der Waals surface area contributed by atoms with E-state index >= 15 is 0 Å². The number of fused-ring (bicyclic) bond motifs is 9. The molecule has 10 rings (SSSR count). The highest BCUT2D eigenvalue weighted by Gasteiger charge is 2.18. The van der Waals surface area contributed by atoms with Crippen LogP contribution in [0.1, 0.15) is 0 Å². The van der Waals surface area contributed by atoms with Crippen molar-refractivity contribution in [1.82, 2.24) is 15.0 Å². The smallest absolute Gasteiger partial charge is 0.164 e. The maximum absolute atomic E-state index is 6.28. The first-order valence-electron chi connectivity index (χ1n) is 15.8. The van der Waals surface area contributed by atoms with E-state index in [1.807, 2.05) is 12.1 Å². The molecule has 4 heteroatoms. The summed E-state index contributed by atoms with van der Waals surface area (Å²) in [5.41, 5.74) is 4.63. The molecule has 0 N–H and O–H groups in total. The Bertz CT molecular complexity index is 2770. The van der Waals surface area contributed by atoms with Gasteiger partial charge in [0.1, 0.15) is 11.2 Å². The van der Waals surface area contributed by atoms with E-state index in [2.05, 4.69) is 140 Å². The molecule has 2 heterocycles. The van der Waals surface area contributed by atoms with Gasteiger partial charge in [0.05, 0.1) is 0 Å². The number of furan rings is 1. The summed E-state index contributed by atoms with van der Waals surface area (Å²) in [6.45, 7) is 0. The normalized spacial score (nSPS) is 11.8. The van der Waals surface area contributed by atoms with Gasteiger partial charge in [-0.15, -0.1) is 0 Å². The van der Waals surface area contributed by atoms with Gasteiger partial charge in [0.25, 0.3) is 0 Å². The van der Waals surface area contributed by atoms with E-state index in [1.165, 1.54) is 16.2 Å². The van der Waals surface area contributed by atoms with Crippen LogP contribution in [0.4, 0.5) is 0 Å². The van der Waals surface area contributed by atoms with E-state index in [9.17, 15) is 0 Å². The monoisotopic (exact) mass is 599 g/mol. The van der Waals surface area contributed by atoms with E-state index in [-0.39, 0.29) is 0 Å². The summed E-state index contributed by atoms with van der Waals surface area (Å²) in [6, 6.07) is 52.8. The quantitative estimate of drug-likeness (QED) is 0.190. The van der Waals surface area contributed by atoms with Crippen molar-refractivity contribution in [2.75, 3.05) is 0 Å². The predicted octanol–water partition coefficient (Wildman–Crippen LogP) is 11.4. The second kappa shape index (κ2) is 10.1. The molecule has 0 radical (unpaired) electrons. The molecule has 0 atom stereocenters. The highest BCUT2D eigenvalue weighted by atomic mass is 16.3. The zero-order valence-electron chi connectivity index (χ0n) is 25.2. The van der Waals surface area contributed by atoms with Crippen LogP contribution in [0.25, 0.3) is 99.2 Å². The van der Waals surface area contributed by atoms with Crippen molar-refractivity contribution in [3.05, 3.63) is 152 Å². The van der Waals surface area contributed by atoms with Crippen molar-refractivity contribution >= 4 is 65.0 Å². The molecule has 0 aliphatic heterocycles. The highest BCUT2D eigenvalue weighted by Crippen LogP contribution is 2.40. The summed E-state index contributed by atoms with van der Waals surface area (Å²) < 4.78 is 6.28. The van der Waals surface area contributed by atoms with Crippen molar-refractivity contribution in [2.24, 2.45) is 0 Å². The average Bonchev–Trinajstić information content (AvgIpc) is 3.53. The van der Waals surface area contributed by atoms with Crippen molar-refractivity contribution in [3.8, 4) is 34.2 Å². The number of rotatable bonds is 3. The van der Waals surface area contributed by atoms with E-state index in [0.29, 0.717) is 17.5 Å². The summed E-state index contributed by atoms with van der Waals surface area (Å²) in [4.78, 5) is 15.4. The fourth-order valence-corrected chi connectivity index (χ4v) is 7.00. The summed E-state index contributed by atoms with van der Waals surface area (Å²) in [5, 5.41) is 11.4. The molecular formula is C43H25N3O. The van der Waals surface area contributed by atoms with Gasteiger partial charge in [0, 0.05) is 32.8 Å². The van der Waals surface area contributed by atoms with Gasteiger partial charge >= 0.3 is 0 Å². The SMILES string of the molecule is c1ccc2cc(-c3nc(-c4ccc5ccccc5c4)nc(-c4cccc5c4ccc4ccc6oc7ccccc7c6c45)n3)ccc2c1. The van der Waals surface area contributed by atoms with Crippen LogP contribution in [0.15, 0.2) is 156 Å². The van der Waals surface area contributed by atoms with Gasteiger partial charge in [0.15, 0.2) is 17.5 Å². The molecule has 47 heavy (non-hydrogen) atoms. The molecule has 0 bridgehead atoms. The zero-order valence-corrected chi connectivity index (χ0v) is 25.2. The molecule has 0 amide bonds. The molecule has 8 aromatic carbocycles. The third-order valence-electron chi connectivity index (χ3n) is 9.27. The van der Waals surface area contributed by atoms with Gasteiger partial charge in [0.2, 0.25) is 0 Å². The number of hydrogen-bond donors (Lipinski definition) is 0. The molecule has 0 aliphatic rings. The fourth-order valence-electron chi connectivity index (χ4n) is 7.00. The lowest BCUT2D eigenvalue weighted by atomic mass is 9.95. The second-order valence-electron chi connectivity index (χ2n) is 12.0. The fraction of sp³-hybridized carbons (Fsp3) is 0. The molecule has 0 aliphatic carbocycles. The number of aromatic nitrogens is 3. The van der Waals surface area contributed by atoms with Crippen molar-refractivity contribution in [1.29, 1.82) is 0 Å². The van der Waals surface area contributed by atoms with Crippen LogP contribution in [0.3, 0.4) is 0 Å². The van der Waals surface area contributed by atoms with Gasteiger partial charge in [-0.2, -0.15) is 0 Å². The van der Waals surface area contributed by atoms with Gasteiger partial charge < -0.3 is 4.42 Å². The summed E-state index contributed by atoms with van der Waals surface area (Å²) in [6.07, 6.45) is 0. The molecule has 0 unspecified atom stereocenters. The molecular weight excluding hydrogens is 574 g/mol. The number of benzene rings is 8. The summed E-state index contributed by atoms with van der Waals surface area (Å²) in [7, 11) is 0. The topological polar surface area (TPSA) is 51.8 Å². The van der Waals surface area contributed by atoms with Gasteiger partial charge in [-0.25, -0.2) is 15.0 Å². The van der Waals surface area contributed by atoms with Crippen LogP contribution in [0.5, 0.6) is 0 Å². The van der Waals surface area contributed by atoms with Crippen molar-refractivity contribution in [2.45, 2.75) is 0 Å². The first-order chi connectivity index (χ1) is 23.3. The lowest BCUT2D eigenvalue weighted by Gasteiger charge is -2.12. The van der Waals surface area contributed by atoms with E-state index in [1.54, 1.807) is 0 Å². The molecule has 0 saturated heterocycles. The molecule has 10 aromatic rings. The minimum Gasteiger partial charge on any atom is -0.456 e. The number of para-hydroxylation sites is 1. The largest absolute Gasteiger partial charge is 0.456 e. The average molecular weight is 600 g/mol. The predicted molar refractivity (Wildman–Crippen MR) is 193 cm³/mol. The van der Waals surface area contributed by atoms with Crippen LogP contribution in [0, 0.1) is 0 Å². The Balaban J connectivity index is 1.25. The second-order valence-corrected chi connectivity index (χ2v) is 12.0. The number of nitrogens with zero attached hydrogens (tertiary/aromatic N) is 3. The van der Waals surface area contributed by atoms with Crippen molar-refractivity contribution < 1.29 is 4.42 Å². The summed E-state index contributed by atoms with van der Waals surface area (Å²) >= 11 is 0. The zero-order chi connectivity index (χ0) is 30.9. The van der Waals surface area contributed by atoms with Crippen LogP contribution in [-0.4, -0.2) is 15.0 Å². The molecule has 4 nitrogen and oxygen atoms in total. The Kier molecular flexibility index (Phi) is 5.54. The Hall–Kier alpha value is -6.39. The minimum atomic E-state index is 0.639. The van der Waals surface area contributed by atoms with Crippen LogP contribution >= 0.6 is 0 Å². The van der Waals surface area contributed by atoms with Crippen molar-refractivity contribution in [3.63, 3.8) is 0 Å². The molecule has 0 fully saturated rings. The molecule has 0 spiro atoms. The molecule has 218 valence electrons. The minimum absolute atomic E-state index is 0.639. The lowest BCUT2D eigenvalue weighted by molar-refractivity contribution is 0.669. The van der Waals surface area contributed by atoms with Crippen LogP contribution in [-0.2, 0) is 0 Å². The summed E-state index contributed by atoms with van der Waals surface area (Å²) in [5.74, 6) is 1.93. The van der Waals surface area contributed by atoms with Gasteiger partial charge in [-0.3, -0.25) is 0 Å². The van der Waals surface area contributed by atoms with E-state index in [0.717, 1.165) is 65.6 Å². The van der Waals surface area contributed by atoms with Crippen LogP contribution in [0.2, 0.25) is 0 Å². The third-order valence-corrected chi connectivity index (χ3v) is 9.27. The Morgan fingerprint density at radius 1 is 0.340 bits per heavy atom. The maximum Gasteiger partial charge on any atom is 0.164 e. The lowest BCUT2D eigenvalue weighted by Crippen LogP contribution is -2.00. The first kappa shape index (κ1) is 25.9. The van der Waals surface area contributed by atoms with Crippen LogP contribution < -0.4 is 0 Å². The van der Waals surface area contributed by atoms with E-state index in [4.69, 9.17) is 19.4 Å². The van der Waals surface area contributed by atoms with Gasteiger partial charge in [-0.1, -0.05) is 127 Å². The van der Waals surface area contributed by atoms with E-state index < -0.39 is 0 Å². The Morgan fingerprint density at radius 2 is 0.915 bits per heavy atom. The standard InChI is InChI=1S/C43H25N3O/c1-3-10-29-24-31(18-16-26(29)8-1)41-44-42(32-19-17-27-9-2-4-11-30(27)25-32)46-43(45-41)35-14-7-13-34-33(35)22-20-28-21-23-38-40(39(28)34)36-12-5-6-15-37(36)47-38/h1-25H. The number of hydrogen-bond acceptors (Lipinski definition) is 4. The Morgan fingerprint density at radius 3 is 1.64 bits per heavy atom. The third kappa shape index (κ3) is 4.12. The Labute approximate surface area is 269 Å². The first-order valence-corrected chi connectivity index (χ1v) is 15.8. The van der Waals surface area contributed by atoms with Gasteiger partial charge in [-0.05, 0) is 62.0 Å². The molecule has 0 saturated carbocycles.